The minimum atomic E-state index is -1.30. The number of rotatable bonds is 6. The summed E-state index contributed by atoms with van der Waals surface area (Å²) < 4.78 is 29.4. The van der Waals surface area contributed by atoms with Crippen molar-refractivity contribution in [2.45, 2.75) is 6.54 Å². The molecule has 0 unspecified atom stereocenters. The highest BCUT2D eigenvalue weighted by atomic mass is 19.1. The summed E-state index contributed by atoms with van der Waals surface area (Å²) in [6.45, 7) is 0.0204. The summed E-state index contributed by atoms with van der Waals surface area (Å²) in [4.78, 5) is 43.4. The molecule has 14 nitrogen and oxygen atoms in total. The summed E-state index contributed by atoms with van der Waals surface area (Å²) in [5, 5.41) is 29.4. The van der Waals surface area contributed by atoms with Crippen LogP contribution in [-0.4, -0.2) is 65.1 Å². The normalized spacial score (nSPS) is 10.7. The van der Waals surface area contributed by atoms with Gasteiger partial charge < -0.3 is 26.8 Å². The summed E-state index contributed by atoms with van der Waals surface area (Å²) in [6, 6.07) is 7.34. The Morgan fingerprint density at radius 3 is 2.15 bits per heavy atom. The molecule has 0 bridgehead atoms. The first-order valence-electron chi connectivity index (χ1n) is 10.7. The van der Waals surface area contributed by atoms with E-state index in [4.69, 9.17) is 21.7 Å². The molecule has 16 heteroatoms. The lowest BCUT2D eigenvalue weighted by molar-refractivity contribution is -0.134. The number of hydrogen-bond donors (Lipinski definition) is 5. The molecule has 0 aliphatic heterocycles. The molecule has 0 aliphatic carbocycles. The van der Waals surface area contributed by atoms with Crippen LogP contribution in [0.15, 0.2) is 48.7 Å². The van der Waals surface area contributed by atoms with E-state index in [-0.39, 0.29) is 46.4 Å². The van der Waals surface area contributed by atoms with Gasteiger partial charge in [-0.3, -0.25) is 4.90 Å². The standard InChI is InChI=1S/C19H16F2N8O2.C4H4O4/c1-28(19(30)31)14-15(22)25-17(26-16(14)23)13-11-6-10(20)7-24-18(11)29(27-13)8-9-4-2-3-5-12(9)21;5-3(6)1-2-4(7)8/h2-7H,8H2,1H3,(H,30,31)(H4,22,23,25,26);1-2H,(H,5,6)(H,7,8)/b;2-1-. The predicted octanol–water partition coefficient (Wildman–Crippen LogP) is 2.21. The first kappa shape index (κ1) is 27.9. The molecule has 202 valence electrons. The number of nitrogen functional groups attached to an aromatic ring is 2. The number of amides is 1. The quantitative estimate of drug-likeness (QED) is 0.221. The molecule has 0 spiro atoms. The molecule has 1 aromatic carbocycles. The number of fused-ring (bicyclic) bond motifs is 1. The van der Waals surface area contributed by atoms with Crippen LogP contribution in [0, 0.1) is 11.6 Å². The number of nitrogens with two attached hydrogens (primary N) is 2. The second-order valence-corrected chi connectivity index (χ2v) is 7.64. The van der Waals surface area contributed by atoms with E-state index in [1.807, 2.05) is 0 Å². The van der Waals surface area contributed by atoms with Gasteiger partial charge in [0.05, 0.1) is 18.1 Å². The molecule has 0 radical (unpaired) electrons. The highest BCUT2D eigenvalue weighted by Crippen LogP contribution is 2.32. The van der Waals surface area contributed by atoms with E-state index in [0.29, 0.717) is 17.7 Å². The van der Waals surface area contributed by atoms with Crippen molar-refractivity contribution in [2.75, 3.05) is 23.4 Å². The molecule has 7 N–H and O–H groups in total. The van der Waals surface area contributed by atoms with Crippen LogP contribution in [0.5, 0.6) is 0 Å². The van der Waals surface area contributed by atoms with Crippen molar-refractivity contribution in [1.29, 1.82) is 0 Å². The molecule has 0 saturated carbocycles. The van der Waals surface area contributed by atoms with E-state index in [0.717, 1.165) is 11.1 Å². The van der Waals surface area contributed by atoms with Crippen molar-refractivity contribution in [3.63, 3.8) is 0 Å². The second-order valence-electron chi connectivity index (χ2n) is 7.64. The maximum absolute atomic E-state index is 14.1. The SMILES string of the molecule is CN(C(=O)O)c1c(N)nc(-c2nn(Cc3ccccc3F)c3ncc(F)cc23)nc1N.O=C(O)/C=C\C(=O)O. The Morgan fingerprint density at radius 1 is 1.03 bits per heavy atom. The summed E-state index contributed by atoms with van der Waals surface area (Å²) in [5.74, 6) is -4.02. The Kier molecular flexibility index (Phi) is 8.29. The zero-order chi connectivity index (χ0) is 28.9. The molecule has 4 rings (SSSR count). The lowest BCUT2D eigenvalue weighted by Gasteiger charge is -2.16. The van der Waals surface area contributed by atoms with Gasteiger partial charge >= 0.3 is 18.0 Å². The largest absolute Gasteiger partial charge is 0.478 e. The van der Waals surface area contributed by atoms with Gasteiger partial charge in [-0.15, -0.1) is 0 Å². The first-order valence-corrected chi connectivity index (χ1v) is 10.7. The van der Waals surface area contributed by atoms with E-state index in [2.05, 4.69) is 20.1 Å². The number of nitrogens with zero attached hydrogens (tertiary/aromatic N) is 6. The Balaban J connectivity index is 0.000000459. The van der Waals surface area contributed by atoms with Crippen molar-refractivity contribution >= 4 is 46.4 Å². The maximum atomic E-state index is 14.1. The maximum Gasteiger partial charge on any atom is 0.411 e. The smallest absolute Gasteiger partial charge is 0.411 e. The minimum Gasteiger partial charge on any atom is -0.478 e. The lowest BCUT2D eigenvalue weighted by atomic mass is 10.2. The lowest BCUT2D eigenvalue weighted by Crippen LogP contribution is -2.26. The summed E-state index contributed by atoms with van der Waals surface area (Å²) in [7, 11) is 1.24. The van der Waals surface area contributed by atoms with Crippen LogP contribution >= 0.6 is 0 Å². The molecular formula is C23H20F2N8O6. The summed E-state index contributed by atoms with van der Waals surface area (Å²) in [6.07, 6.45) is 0.825. The highest BCUT2D eigenvalue weighted by Gasteiger charge is 2.23. The van der Waals surface area contributed by atoms with Gasteiger partial charge in [0.25, 0.3) is 0 Å². The van der Waals surface area contributed by atoms with Crippen molar-refractivity contribution in [2.24, 2.45) is 0 Å². The van der Waals surface area contributed by atoms with Gasteiger partial charge in [0.1, 0.15) is 23.0 Å². The fourth-order valence-corrected chi connectivity index (χ4v) is 3.28. The van der Waals surface area contributed by atoms with Crippen LogP contribution in [0.1, 0.15) is 5.56 Å². The van der Waals surface area contributed by atoms with Crippen molar-refractivity contribution in [3.8, 4) is 11.5 Å². The topological polar surface area (TPSA) is 224 Å². The molecular weight excluding hydrogens is 522 g/mol. The van der Waals surface area contributed by atoms with Gasteiger partial charge in [-0.2, -0.15) is 5.10 Å². The van der Waals surface area contributed by atoms with Crippen LogP contribution in [0.4, 0.5) is 30.9 Å². The second kappa shape index (κ2) is 11.6. The number of aromatic nitrogens is 5. The predicted molar refractivity (Wildman–Crippen MR) is 134 cm³/mol. The van der Waals surface area contributed by atoms with Gasteiger partial charge in [-0.05, 0) is 12.1 Å². The molecule has 1 amide bonds. The third-order valence-electron chi connectivity index (χ3n) is 4.97. The van der Waals surface area contributed by atoms with Gasteiger partial charge in [0, 0.05) is 24.8 Å². The van der Waals surface area contributed by atoms with Crippen LogP contribution < -0.4 is 16.4 Å². The minimum absolute atomic E-state index is 0.0204. The van der Waals surface area contributed by atoms with E-state index < -0.39 is 29.7 Å². The number of anilines is 3. The zero-order valence-electron chi connectivity index (χ0n) is 20.0. The van der Waals surface area contributed by atoms with E-state index >= 15 is 0 Å². The third kappa shape index (κ3) is 6.56. The monoisotopic (exact) mass is 542 g/mol. The third-order valence-corrected chi connectivity index (χ3v) is 4.97. The van der Waals surface area contributed by atoms with Crippen molar-refractivity contribution < 1.29 is 38.5 Å². The molecule has 3 aromatic heterocycles. The van der Waals surface area contributed by atoms with E-state index in [9.17, 15) is 28.3 Å². The Labute approximate surface area is 217 Å². The number of carboxylic acid groups (broad SMARTS) is 3. The fourth-order valence-electron chi connectivity index (χ4n) is 3.28. The molecule has 0 atom stereocenters. The van der Waals surface area contributed by atoms with Crippen LogP contribution in [0.3, 0.4) is 0 Å². The molecule has 0 aliphatic rings. The Bertz CT molecular complexity index is 1570. The fraction of sp³-hybridized carbons (Fsp3) is 0.0870. The van der Waals surface area contributed by atoms with Gasteiger partial charge in [-0.25, -0.2) is 42.8 Å². The Morgan fingerprint density at radius 2 is 1.62 bits per heavy atom. The number of halogens is 2. The average Bonchev–Trinajstić information content (AvgIpc) is 3.21. The molecule has 4 aromatic rings. The van der Waals surface area contributed by atoms with Crippen LogP contribution in [0.25, 0.3) is 22.6 Å². The highest BCUT2D eigenvalue weighted by molar-refractivity contribution is 5.95. The van der Waals surface area contributed by atoms with Crippen molar-refractivity contribution in [1.82, 2.24) is 24.7 Å². The number of carboxylic acids is 2. The van der Waals surface area contributed by atoms with Crippen LogP contribution in [0.2, 0.25) is 0 Å². The first-order chi connectivity index (χ1) is 18.4. The summed E-state index contributed by atoms with van der Waals surface area (Å²) >= 11 is 0. The zero-order valence-corrected chi connectivity index (χ0v) is 20.0. The summed E-state index contributed by atoms with van der Waals surface area (Å²) in [5.41, 5.74) is 12.5. The number of hydrogen-bond acceptors (Lipinski definition) is 9. The molecule has 39 heavy (non-hydrogen) atoms. The number of pyridine rings is 1. The van der Waals surface area contributed by atoms with Gasteiger partial charge in [0.15, 0.2) is 23.1 Å². The van der Waals surface area contributed by atoms with E-state index in [1.54, 1.807) is 18.2 Å². The number of carbonyl (C=O) groups is 3. The average molecular weight is 542 g/mol. The van der Waals surface area contributed by atoms with E-state index in [1.165, 1.54) is 23.9 Å². The number of aliphatic carboxylic acids is 2. The van der Waals surface area contributed by atoms with Gasteiger partial charge in [0.2, 0.25) is 0 Å². The van der Waals surface area contributed by atoms with Gasteiger partial charge in [-0.1, -0.05) is 18.2 Å². The van der Waals surface area contributed by atoms with Crippen LogP contribution in [-0.2, 0) is 16.1 Å². The number of benzene rings is 1. The Hall–Kier alpha value is -5.67. The molecule has 0 fully saturated rings. The van der Waals surface area contributed by atoms with Crippen molar-refractivity contribution in [3.05, 3.63) is 65.9 Å². The molecule has 3 heterocycles. The molecule has 0 saturated heterocycles.